The van der Waals surface area contributed by atoms with Gasteiger partial charge in [0.05, 0.1) is 15.6 Å². The van der Waals surface area contributed by atoms with Crippen LogP contribution in [0.3, 0.4) is 0 Å². The Morgan fingerprint density at radius 2 is 1.44 bits per heavy atom. The highest BCUT2D eigenvalue weighted by atomic mass is 35.5. The Morgan fingerprint density at radius 3 is 2.04 bits per heavy atom. The Balaban J connectivity index is 1.84. The van der Waals surface area contributed by atoms with Crippen LogP contribution in [-0.2, 0) is 32.6 Å². The minimum atomic E-state index is -4.27. The third-order valence-corrected chi connectivity index (χ3v) is 9.30. The van der Waals surface area contributed by atoms with E-state index in [2.05, 4.69) is 5.32 Å². The number of carbonyl (C=O) groups excluding carboxylic acids is 2. The van der Waals surface area contributed by atoms with Gasteiger partial charge in [0.15, 0.2) is 0 Å². The zero-order chi connectivity index (χ0) is 32.8. The smallest absolute Gasteiger partial charge is 0.264 e. The third kappa shape index (κ3) is 9.10. The van der Waals surface area contributed by atoms with Crippen LogP contribution in [0.4, 0.5) is 5.69 Å². The first-order valence-corrected chi connectivity index (χ1v) is 16.7. The topological polar surface area (TPSA) is 86.8 Å². The second-order valence-corrected chi connectivity index (χ2v) is 14.6. The van der Waals surface area contributed by atoms with Gasteiger partial charge in [0.1, 0.15) is 12.6 Å². The van der Waals surface area contributed by atoms with Crippen molar-refractivity contribution in [3.05, 3.63) is 130 Å². The Hall–Kier alpha value is -3.85. The first kappa shape index (κ1) is 34.0. The van der Waals surface area contributed by atoms with Gasteiger partial charge in [0.25, 0.3) is 10.0 Å². The highest BCUT2D eigenvalue weighted by Crippen LogP contribution is 2.33. The molecule has 45 heavy (non-hydrogen) atoms. The number of rotatable bonds is 11. The average Bonchev–Trinajstić information content (AvgIpc) is 2.98. The summed E-state index contributed by atoms with van der Waals surface area (Å²) in [5.74, 6) is -0.929. The monoisotopic (exact) mass is 665 g/mol. The SMILES string of the molecule is Cc1cccc(CN(C(=O)CN(c2ccc(Cl)cc2Cl)S(=O)(=O)c2ccccc2)[C@H](Cc2ccccc2)C(=O)NC(C)(C)C)c1. The highest BCUT2D eigenvalue weighted by molar-refractivity contribution is 7.92. The van der Waals surface area contributed by atoms with E-state index in [1.54, 1.807) is 18.2 Å². The Kier molecular flexibility index (Phi) is 11.0. The average molecular weight is 667 g/mol. The molecule has 0 fully saturated rings. The molecule has 0 aliphatic rings. The molecule has 7 nitrogen and oxygen atoms in total. The predicted octanol–water partition coefficient (Wildman–Crippen LogP) is 7.05. The minimum Gasteiger partial charge on any atom is -0.350 e. The Bertz CT molecular complexity index is 1740. The van der Waals surface area contributed by atoms with Gasteiger partial charge in [-0.05, 0) is 69.2 Å². The van der Waals surface area contributed by atoms with E-state index in [4.69, 9.17) is 23.2 Å². The number of hydrogen-bond acceptors (Lipinski definition) is 4. The van der Waals surface area contributed by atoms with Crippen molar-refractivity contribution in [3.8, 4) is 0 Å². The van der Waals surface area contributed by atoms with Crippen LogP contribution in [-0.4, -0.2) is 43.3 Å². The molecule has 4 aromatic carbocycles. The van der Waals surface area contributed by atoms with Gasteiger partial charge in [-0.15, -0.1) is 0 Å². The number of anilines is 1. The number of sulfonamides is 1. The molecule has 0 spiro atoms. The number of aryl methyl sites for hydroxylation is 1. The molecule has 4 aromatic rings. The molecule has 0 saturated heterocycles. The molecule has 0 heterocycles. The van der Waals surface area contributed by atoms with E-state index in [9.17, 15) is 18.0 Å². The number of carbonyl (C=O) groups is 2. The van der Waals surface area contributed by atoms with Crippen LogP contribution in [0.15, 0.2) is 108 Å². The maximum Gasteiger partial charge on any atom is 0.264 e. The molecule has 4 rings (SSSR count). The standard InChI is InChI=1S/C35H37Cl2N3O4S/c1-25-12-11-15-27(20-25)23-39(32(34(42)38-35(2,3)4)21-26-13-7-5-8-14-26)33(41)24-40(31-19-18-28(36)22-30(31)37)45(43,44)29-16-9-6-10-17-29/h5-20,22,32H,21,23-24H2,1-4H3,(H,38,42)/t32-/m1/s1. The molecule has 10 heteroatoms. The quantitative estimate of drug-likeness (QED) is 0.186. The zero-order valence-corrected chi connectivity index (χ0v) is 28.0. The molecule has 0 unspecified atom stereocenters. The van der Waals surface area contributed by atoms with Crippen molar-refractivity contribution in [2.24, 2.45) is 0 Å². The molecular formula is C35H37Cl2N3O4S. The number of halogens is 2. The molecule has 1 N–H and O–H groups in total. The number of benzene rings is 4. The van der Waals surface area contributed by atoms with Gasteiger partial charge in [0.2, 0.25) is 11.8 Å². The van der Waals surface area contributed by atoms with Crippen molar-refractivity contribution >= 4 is 50.7 Å². The fraction of sp³-hybridized carbons (Fsp3) is 0.257. The van der Waals surface area contributed by atoms with Crippen LogP contribution in [0, 0.1) is 6.92 Å². The maximum atomic E-state index is 14.5. The first-order valence-electron chi connectivity index (χ1n) is 14.5. The molecular weight excluding hydrogens is 629 g/mol. The van der Waals surface area contributed by atoms with Crippen LogP contribution in [0.1, 0.15) is 37.5 Å². The van der Waals surface area contributed by atoms with E-state index < -0.39 is 34.1 Å². The summed E-state index contributed by atoms with van der Waals surface area (Å²) >= 11 is 12.7. The van der Waals surface area contributed by atoms with Crippen molar-refractivity contribution in [1.29, 1.82) is 0 Å². The molecule has 0 saturated carbocycles. The van der Waals surface area contributed by atoms with Crippen LogP contribution >= 0.6 is 23.2 Å². The molecule has 1 atom stereocenters. The van der Waals surface area contributed by atoms with Gasteiger partial charge in [-0.25, -0.2) is 8.42 Å². The summed E-state index contributed by atoms with van der Waals surface area (Å²) in [6, 6.07) is 28.3. The van der Waals surface area contributed by atoms with E-state index in [0.29, 0.717) is 5.02 Å². The molecule has 0 bridgehead atoms. The van der Waals surface area contributed by atoms with Crippen molar-refractivity contribution in [2.75, 3.05) is 10.8 Å². The van der Waals surface area contributed by atoms with Gasteiger partial charge >= 0.3 is 0 Å². The lowest BCUT2D eigenvalue weighted by molar-refractivity contribution is -0.140. The number of nitrogens with zero attached hydrogens (tertiary/aromatic N) is 2. The van der Waals surface area contributed by atoms with Crippen LogP contribution in [0.25, 0.3) is 0 Å². The second kappa shape index (κ2) is 14.5. The fourth-order valence-corrected chi connectivity index (χ4v) is 6.95. The number of amides is 2. The first-order chi connectivity index (χ1) is 21.2. The van der Waals surface area contributed by atoms with Gasteiger partial charge in [-0.3, -0.25) is 13.9 Å². The lowest BCUT2D eigenvalue weighted by Gasteiger charge is -2.35. The van der Waals surface area contributed by atoms with Gasteiger partial charge < -0.3 is 10.2 Å². The predicted molar refractivity (Wildman–Crippen MR) is 181 cm³/mol. The van der Waals surface area contributed by atoms with Gasteiger partial charge in [-0.1, -0.05) is 102 Å². The van der Waals surface area contributed by atoms with Crippen LogP contribution < -0.4 is 9.62 Å². The van der Waals surface area contributed by atoms with Crippen LogP contribution in [0.2, 0.25) is 10.0 Å². The third-order valence-electron chi connectivity index (χ3n) is 6.99. The van der Waals surface area contributed by atoms with Crippen molar-refractivity contribution in [2.45, 2.75) is 57.1 Å². The number of hydrogen-bond donors (Lipinski definition) is 1. The maximum absolute atomic E-state index is 14.5. The van der Waals surface area contributed by atoms with Gasteiger partial charge in [-0.2, -0.15) is 0 Å². The lowest BCUT2D eigenvalue weighted by atomic mass is 10.0. The van der Waals surface area contributed by atoms with Crippen molar-refractivity contribution in [3.63, 3.8) is 0 Å². The summed E-state index contributed by atoms with van der Waals surface area (Å²) in [6.07, 6.45) is 0.216. The Labute approximate surface area is 275 Å². The summed E-state index contributed by atoms with van der Waals surface area (Å²) in [6.45, 7) is 7.01. The van der Waals surface area contributed by atoms with Crippen molar-refractivity contribution < 1.29 is 18.0 Å². The largest absolute Gasteiger partial charge is 0.350 e. The summed E-state index contributed by atoms with van der Waals surface area (Å²) in [5.41, 5.74) is 2.14. The molecule has 0 radical (unpaired) electrons. The molecule has 2 amide bonds. The van der Waals surface area contributed by atoms with E-state index in [-0.39, 0.29) is 34.5 Å². The van der Waals surface area contributed by atoms with Gasteiger partial charge in [0, 0.05) is 23.5 Å². The molecule has 0 aliphatic carbocycles. The highest BCUT2D eigenvalue weighted by Gasteiger charge is 2.36. The zero-order valence-electron chi connectivity index (χ0n) is 25.7. The normalized spacial score (nSPS) is 12.3. The van der Waals surface area contributed by atoms with E-state index in [0.717, 1.165) is 21.0 Å². The second-order valence-electron chi connectivity index (χ2n) is 11.9. The fourth-order valence-electron chi connectivity index (χ4n) is 4.93. The molecule has 236 valence electrons. The van der Waals surface area contributed by atoms with Crippen LogP contribution in [0.5, 0.6) is 0 Å². The molecule has 0 aliphatic heterocycles. The summed E-state index contributed by atoms with van der Waals surface area (Å²) in [5, 5.41) is 3.40. The summed E-state index contributed by atoms with van der Waals surface area (Å²) in [4.78, 5) is 29.9. The van der Waals surface area contributed by atoms with E-state index in [1.807, 2.05) is 82.3 Å². The van der Waals surface area contributed by atoms with E-state index in [1.165, 1.54) is 35.2 Å². The minimum absolute atomic E-state index is 0.0136. The van der Waals surface area contributed by atoms with Crippen molar-refractivity contribution in [1.82, 2.24) is 10.2 Å². The molecule has 0 aromatic heterocycles. The van der Waals surface area contributed by atoms with E-state index >= 15 is 0 Å². The number of nitrogens with one attached hydrogen (secondary N) is 1. The summed E-state index contributed by atoms with van der Waals surface area (Å²) < 4.78 is 29.2. The Morgan fingerprint density at radius 1 is 0.822 bits per heavy atom. The lowest BCUT2D eigenvalue weighted by Crippen LogP contribution is -2.56. The summed E-state index contributed by atoms with van der Waals surface area (Å²) in [7, 11) is -4.27.